The molecule has 0 aliphatic carbocycles. The van der Waals surface area contributed by atoms with Crippen LogP contribution in [0.25, 0.3) is 22.1 Å². The van der Waals surface area contributed by atoms with Crippen molar-refractivity contribution in [1.29, 1.82) is 5.26 Å². The van der Waals surface area contributed by atoms with E-state index < -0.39 is 23.4 Å². The highest BCUT2D eigenvalue weighted by atomic mass is 19.1. The van der Waals surface area contributed by atoms with E-state index in [1.54, 1.807) is 73.7 Å². The Morgan fingerprint density at radius 2 is 1.74 bits per heavy atom. The average Bonchev–Trinajstić information content (AvgIpc) is 3.08. The van der Waals surface area contributed by atoms with Gasteiger partial charge in [0.2, 0.25) is 17.7 Å². The third-order valence-corrected chi connectivity index (χ3v) is 7.89. The summed E-state index contributed by atoms with van der Waals surface area (Å²) >= 11 is 0. The van der Waals surface area contributed by atoms with Gasteiger partial charge >= 0.3 is 5.63 Å². The molecule has 3 heterocycles. The monoisotopic (exact) mass is 633 g/mol. The number of nitriles is 1. The molecule has 11 heteroatoms. The number of rotatable bonds is 8. The van der Waals surface area contributed by atoms with Gasteiger partial charge < -0.3 is 23.4 Å². The fraction of sp³-hybridized carbons (Fsp3) is 0.167. The van der Waals surface area contributed by atoms with E-state index in [0.717, 1.165) is 0 Å². The van der Waals surface area contributed by atoms with Crippen LogP contribution >= 0.6 is 0 Å². The summed E-state index contributed by atoms with van der Waals surface area (Å²) < 4.78 is 42.2. The molecule has 6 rings (SSSR count). The van der Waals surface area contributed by atoms with Gasteiger partial charge in [-0.3, -0.25) is 10.1 Å². The number of benzene rings is 3. The highest BCUT2D eigenvalue weighted by Gasteiger charge is 2.37. The van der Waals surface area contributed by atoms with E-state index in [1.165, 1.54) is 27.5 Å². The van der Waals surface area contributed by atoms with E-state index in [-0.39, 0.29) is 34.8 Å². The molecule has 47 heavy (non-hydrogen) atoms. The van der Waals surface area contributed by atoms with Gasteiger partial charge in [-0.2, -0.15) is 9.65 Å². The number of methoxy groups -OCH3 is 3. The quantitative estimate of drug-likeness (QED) is 0.163. The number of nitrogens with one attached hydrogen (secondary N) is 1. The molecule has 5 aromatic rings. The second kappa shape index (κ2) is 12.7. The van der Waals surface area contributed by atoms with Crippen molar-refractivity contribution in [3.63, 3.8) is 0 Å². The topological polar surface area (TPSA) is 133 Å². The summed E-state index contributed by atoms with van der Waals surface area (Å²) in [7, 11) is 4.51. The second-order valence-corrected chi connectivity index (χ2v) is 10.7. The molecule has 1 amide bonds. The number of carbonyl (C=O) groups is 1. The van der Waals surface area contributed by atoms with Gasteiger partial charge in [-0.05, 0) is 60.5 Å². The van der Waals surface area contributed by atoms with Crippen LogP contribution in [-0.4, -0.2) is 32.2 Å². The molecule has 0 saturated heterocycles. The summed E-state index contributed by atoms with van der Waals surface area (Å²) in [6.45, 7) is 1.60. The normalized spacial score (nSPS) is 13.7. The standard InChI is InChI=1S/C36H28FN3O7/c1-19-13-22(18-39-34(19)37)24-16-21(10-12-26(24)43-2)31-25(17-38)35(40-30(41)15-20-9-11-28(44-3)29(14-20)45-4)47-33-23-7-5-6-8-27(23)46-36(42)32(31)33/h5-14,16,18,31H,15H2,1-4H3,(H,40,41). The summed E-state index contributed by atoms with van der Waals surface area (Å²) in [6, 6.07) is 20.8. The van der Waals surface area contributed by atoms with Gasteiger partial charge in [-0.1, -0.05) is 24.3 Å². The van der Waals surface area contributed by atoms with Crippen molar-refractivity contribution < 1.29 is 32.5 Å². The van der Waals surface area contributed by atoms with E-state index >= 15 is 0 Å². The first-order valence-electron chi connectivity index (χ1n) is 14.4. The van der Waals surface area contributed by atoms with E-state index in [1.807, 2.05) is 0 Å². The second-order valence-electron chi connectivity index (χ2n) is 10.7. The molecule has 1 atom stereocenters. The molecule has 10 nitrogen and oxygen atoms in total. The minimum Gasteiger partial charge on any atom is -0.496 e. The Morgan fingerprint density at radius 1 is 1.00 bits per heavy atom. The van der Waals surface area contributed by atoms with E-state index in [4.69, 9.17) is 23.4 Å². The zero-order chi connectivity index (χ0) is 33.2. The van der Waals surface area contributed by atoms with Crippen LogP contribution < -0.4 is 29.9 Å². The Balaban J connectivity index is 1.50. The largest absolute Gasteiger partial charge is 0.496 e. The van der Waals surface area contributed by atoms with Gasteiger partial charge in [0.05, 0.1) is 44.6 Å². The van der Waals surface area contributed by atoms with Crippen LogP contribution in [-0.2, 0) is 11.2 Å². The number of amides is 1. The van der Waals surface area contributed by atoms with Crippen molar-refractivity contribution in [2.45, 2.75) is 19.3 Å². The lowest BCUT2D eigenvalue weighted by atomic mass is 9.82. The summed E-state index contributed by atoms with van der Waals surface area (Å²) in [5.41, 5.74) is 2.20. The highest BCUT2D eigenvalue weighted by Crippen LogP contribution is 2.45. The van der Waals surface area contributed by atoms with Crippen molar-refractivity contribution in [2.24, 2.45) is 0 Å². The summed E-state index contributed by atoms with van der Waals surface area (Å²) in [5, 5.41) is 13.8. The van der Waals surface area contributed by atoms with Crippen LogP contribution in [0, 0.1) is 24.2 Å². The third-order valence-electron chi connectivity index (χ3n) is 7.89. The lowest BCUT2D eigenvalue weighted by Crippen LogP contribution is -2.33. The first kappa shape index (κ1) is 30.9. The molecular formula is C36H28FN3O7. The number of carbonyl (C=O) groups excluding carboxylic acids is 1. The molecule has 0 spiro atoms. The number of pyridine rings is 1. The lowest BCUT2D eigenvalue weighted by molar-refractivity contribution is -0.120. The van der Waals surface area contributed by atoms with Crippen molar-refractivity contribution in [3.05, 3.63) is 123 Å². The van der Waals surface area contributed by atoms with Gasteiger partial charge in [-0.15, -0.1) is 0 Å². The fourth-order valence-corrected chi connectivity index (χ4v) is 5.65. The van der Waals surface area contributed by atoms with E-state index in [0.29, 0.717) is 50.5 Å². The predicted octanol–water partition coefficient (Wildman–Crippen LogP) is 5.95. The van der Waals surface area contributed by atoms with E-state index in [9.17, 15) is 19.2 Å². The van der Waals surface area contributed by atoms with Crippen LogP contribution in [0.5, 0.6) is 23.0 Å². The highest BCUT2D eigenvalue weighted by molar-refractivity contribution is 5.87. The number of nitrogens with zero attached hydrogens (tertiary/aromatic N) is 2. The van der Waals surface area contributed by atoms with Crippen molar-refractivity contribution in [2.75, 3.05) is 21.3 Å². The first-order chi connectivity index (χ1) is 22.8. The third kappa shape index (κ3) is 5.73. The number of fused-ring (bicyclic) bond motifs is 3. The molecular weight excluding hydrogens is 605 g/mol. The Kier molecular flexibility index (Phi) is 8.33. The number of aryl methyl sites for hydroxylation is 1. The molecule has 1 N–H and O–H groups in total. The number of hydrogen-bond acceptors (Lipinski definition) is 9. The molecule has 3 aromatic carbocycles. The summed E-state index contributed by atoms with van der Waals surface area (Å²) in [4.78, 5) is 30.9. The van der Waals surface area contributed by atoms with Gasteiger partial charge in [0.15, 0.2) is 17.2 Å². The molecule has 1 aliphatic rings. The lowest BCUT2D eigenvalue weighted by Gasteiger charge is -2.28. The number of halogens is 1. The fourth-order valence-electron chi connectivity index (χ4n) is 5.65. The molecule has 0 saturated carbocycles. The molecule has 1 aliphatic heterocycles. The van der Waals surface area contributed by atoms with Gasteiger partial charge in [0.25, 0.3) is 0 Å². The maximum atomic E-state index is 14.1. The zero-order valence-electron chi connectivity index (χ0n) is 25.8. The number of allylic oxidation sites excluding steroid dienone is 1. The molecule has 2 aromatic heterocycles. The molecule has 0 radical (unpaired) electrons. The van der Waals surface area contributed by atoms with Crippen molar-refractivity contribution in [1.82, 2.24) is 10.3 Å². The predicted molar refractivity (Wildman–Crippen MR) is 170 cm³/mol. The minimum atomic E-state index is -1.01. The molecule has 1 unspecified atom stereocenters. The van der Waals surface area contributed by atoms with Crippen LogP contribution in [0.4, 0.5) is 4.39 Å². The number of ether oxygens (including phenoxy) is 4. The number of aromatic nitrogens is 1. The minimum absolute atomic E-state index is 0.0229. The zero-order valence-corrected chi connectivity index (χ0v) is 25.8. The molecule has 236 valence electrons. The van der Waals surface area contributed by atoms with Gasteiger partial charge in [0, 0.05) is 22.9 Å². The van der Waals surface area contributed by atoms with Gasteiger partial charge in [0.1, 0.15) is 23.0 Å². The molecule has 0 bridgehead atoms. The van der Waals surface area contributed by atoms with Crippen LogP contribution in [0.2, 0.25) is 0 Å². The maximum absolute atomic E-state index is 14.1. The van der Waals surface area contributed by atoms with Crippen LogP contribution in [0.3, 0.4) is 0 Å². The number of para-hydroxylation sites is 1. The average molecular weight is 634 g/mol. The first-order valence-corrected chi connectivity index (χ1v) is 14.4. The smallest absolute Gasteiger partial charge is 0.344 e. The Labute approximate surface area is 268 Å². The van der Waals surface area contributed by atoms with Gasteiger partial charge in [-0.25, -0.2) is 9.78 Å². The van der Waals surface area contributed by atoms with Crippen LogP contribution in [0.15, 0.2) is 93.6 Å². The number of hydrogen-bond donors (Lipinski definition) is 1. The Morgan fingerprint density at radius 3 is 2.47 bits per heavy atom. The Bertz CT molecular complexity index is 2180. The van der Waals surface area contributed by atoms with Crippen molar-refractivity contribution >= 4 is 16.9 Å². The SMILES string of the molecule is COc1ccc(CC(=O)NC2=C(C#N)C(c3ccc(OC)c(-c4cnc(F)c(C)c4)c3)c3c(c4ccccc4oc3=O)O2)cc1OC. The van der Waals surface area contributed by atoms with E-state index in [2.05, 4.69) is 16.4 Å². The summed E-state index contributed by atoms with van der Waals surface area (Å²) in [6.07, 6.45) is 1.30. The maximum Gasteiger partial charge on any atom is 0.344 e. The Hall–Kier alpha value is -6.15. The van der Waals surface area contributed by atoms with Crippen LogP contribution in [0.1, 0.15) is 28.2 Å². The summed E-state index contributed by atoms with van der Waals surface area (Å²) in [5.74, 6) is -0.630. The molecule has 0 fully saturated rings. The van der Waals surface area contributed by atoms with Crippen molar-refractivity contribution in [3.8, 4) is 40.2 Å².